The number of nitrogens with zero attached hydrogens (tertiary/aromatic N) is 9. The van der Waals surface area contributed by atoms with Crippen LogP contribution >= 0.6 is 11.3 Å². The summed E-state index contributed by atoms with van der Waals surface area (Å²) < 4.78 is 1.03. The van der Waals surface area contributed by atoms with E-state index in [4.69, 9.17) is 5.73 Å². The monoisotopic (exact) mass is 1090 g/mol. The van der Waals surface area contributed by atoms with E-state index in [2.05, 4.69) is 51.1 Å². The number of carbonyl (C=O) groups excluding carboxylic acids is 5. The smallest absolute Gasteiger partial charge is 0.545 e. The Labute approximate surface area is 604 Å². The maximum absolute atomic E-state index is 11.7. The minimum absolute atomic E-state index is 0. The van der Waals surface area contributed by atoms with E-state index in [9.17, 15) is 49.5 Å². The molecule has 3 aromatic heterocycles. The van der Waals surface area contributed by atoms with Crippen LogP contribution in [0.2, 0.25) is 0 Å². The van der Waals surface area contributed by atoms with E-state index >= 15 is 0 Å². The van der Waals surface area contributed by atoms with E-state index in [0.29, 0.717) is 0 Å². The molecule has 6 rings (SSSR count). The van der Waals surface area contributed by atoms with Gasteiger partial charge in [0.05, 0.1) is 35.5 Å². The van der Waals surface area contributed by atoms with Gasteiger partial charge in [0.15, 0.2) is 11.5 Å². The summed E-state index contributed by atoms with van der Waals surface area (Å²) in [6.45, 7) is 5.34. The molecule has 0 bridgehead atoms. The second kappa shape index (κ2) is 28.8. The van der Waals surface area contributed by atoms with Crippen molar-refractivity contribution >= 4 is 81.1 Å². The van der Waals surface area contributed by atoms with Crippen molar-refractivity contribution in [2.24, 2.45) is 10.2 Å². The van der Waals surface area contributed by atoms with Crippen LogP contribution in [0.4, 0.5) is 39.9 Å². The van der Waals surface area contributed by atoms with Crippen LogP contribution in [0.15, 0.2) is 70.9 Å². The molecule has 29 heteroatoms. The topological polar surface area (TPSA) is 358 Å². The van der Waals surface area contributed by atoms with Crippen LogP contribution in [-0.2, 0) is 38.1 Å². The van der Waals surface area contributed by atoms with Crippen molar-refractivity contribution in [3.8, 4) is 16.5 Å². The number of carbonyl (C=O) groups is 5. The minimum atomic E-state index is -1.71. The van der Waals surface area contributed by atoms with Crippen molar-refractivity contribution in [2.75, 3.05) is 16.4 Å². The molecule has 3 heterocycles. The fraction of sp³-hybridized carbons (Fsp3) is 0.114. The molecule has 0 fully saturated rings. The maximum Gasteiger partial charge on any atom is 1.00 e. The molecule has 4 N–H and O–H groups in total. The number of rotatable bonds is 13. The number of anilines is 5. The number of carboxylic acid groups (broad SMARTS) is 5. The van der Waals surface area contributed by atoms with E-state index in [0.717, 1.165) is 52.4 Å². The molecule has 0 aliphatic heterocycles. The Kier molecular flexibility index (Phi) is 29.3. The molecule has 0 aliphatic rings. The molecular formula is C35H23K5N12O10SY. The fourth-order valence-corrected chi connectivity index (χ4v) is 5.89. The first kappa shape index (κ1) is 65.1. The Balaban J connectivity index is 0.00000661. The zero-order valence-electron chi connectivity index (χ0n) is 35.4. The number of hydrogen-bond donors (Lipinski definition) is 3. The zero-order valence-corrected chi connectivity index (χ0v) is 54.7. The Bertz CT molecular complexity index is 2580. The van der Waals surface area contributed by atoms with Gasteiger partial charge in [0.1, 0.15) is 5.01 Å². The third kappa shape index (κ3) is 16.9. The first-order chi connectivity index (χ1) is 27.4. The Morgan fingerprint density at radius 2 is 1.11 bits per heavy atom. The standard InChI is InChI=1S/C35H28N12O10S.5K.Y/c1-35(2,3)23-22(42-44-34-45-43-25(58-34)20-6-4-5-7-21(20)30(56)57)24(36)47(46-23)33-40-31(37-18-10-14(26(48)49)8-15(11-18)27(50)51)39-32(41-33)38-19-12-16(28(52)53)9-17(13-19)29(54)55;;;;;;/h4-13H,36H2,1-3H3,(H,48,49)(H,50,51)(H,52,53)(H,54,55)(H,56,57)(H2,37,38,39,40,41);;;;;;/q;5*+1;/p-5. The number of nitrogens with two attached hydrogens (primary N) is 1. The summed E-state index contributed by atoms with van der Waals surface area (Å²) in [5.74, 6) is -9.60. The SMILES string of the molecule is CC(C)(C)c1nn(-c2nc(Nc3cc(C(=O)[O-])cc(C(=O)[O-])c3)nc(Nc3cc(C(=O)[O-])cc(C(=O)[O-])c3)n2)c(N)c1N=Nc1nnc(-c2ccccc2C(=O)[O-])s1.[K+].[K+].[K+].[K+].[K+].[Y]. The summed E-state index contributed by atoms with van der Waals surface area (Å²) in [7, 11) is 0. The Morgan fingerprint density at radius 3 is 1.53 bits per heavy atom. The molecular weight excluding hydrogens is 1060 g/mol. The van der Waals surface area contributed by atoms with E-state index in [-0.39, 0.29) is 345 Å². The quantitative estimate of drug-likeness (QED) is 0.0714. The first-order valence-corrected chi connectivity index (χ1v) is 17.1. The number of aromatic nitrogens is 7. The van der Waals surface area contributed by atoms with Crippen molar-refractivity contribution in [2.45, 2.75) is 26.2 Å². The summed E-state index contributed by atoms with van der Waals surface area (Å²) in [4.78, 5) is 71.1. The van der Waals surface area contributed by atoms with Crippen LogP contribution in [0.25, 0.3) is 16.5 Å². The van der Waals surface area contributed by atoms with Gasteiger partial charge in [-0.3, -0.25) is 0 Å². The van der Waals surface area contributed by atoms with Crippen LogP contribution < -0.4 is 299 Å². The van der Waals surface area contributed by atoms with Crippen LogP contribution in [-0.4, -0.2) is 64.8 Å². The molecule has 22 nitrogen and oxygen atoms in total. The van der Waals surface area contributed by atoms with E-state index < -0.39 is 69.4 Å². The van der Waals surface area contributed by atoms with Gasteiger partial charge in [-0.25, -0.2) is 0 Å². The summed E-state index contributed by atoms with van der Waals surface area (Å²) in [6, 6.07) is 11.7. The third-order valence-electron chi connectivity index (χ3n) is 7.77. The van der Waals surface area contributed by atoms with Gasteiger partial charge in [-0.2, -0.15) is 24.7 Å². The molecule has 0 spiro atoms. The van der Waals surface area contributed by atoms with Crippen LogP contribution in [0.1, 0.15) is 78.3 Å². The molecule has 0 saturated heterocycles. The molecule has 0 unspecified atom stereocenters. The van der Waals surface area contributed by atoms with Gasteiger partial charge in [0.2, 0.25) is 11.9 Å². The predicted octanol–water partition coefficient (Wildman–Crippen LogP) is -15.8. The molecule has 0 atom stereocenters. The molecule has 3 aromatic carbocycles. The van der Waals surface area contributed by atoms with Gasteiger partial charge in [0.25, 0.3) is 11.1 Å². The van der Waals surface area contributed by atoms with Crippen molar-refractivity contribution in [3.05, 3.63) is 94.2 Å². The molecule has 0 saturated carbocycles. The molecule has 0 amide bonds. The second-order valence-corrected chi connectivity index (χ2v) is 13.9. The van der Waals surface area contributed by atoms with Gasteiger partial charge in [0, 0.05) is 60.6 Å². The van der Waals surface area contributed by atoms with Crippen LogP contribution in [0.5, 0.6) is 0 Å². The number of benzene rings is 3. The minimum Gasteiger partial charge on any atom is -0.545 e. The number of azo groups is 1. The van der Waals surface area contributed by atoms with Crippen molar-refractivity contribution in [3.63, 3.8) is 0 Å². The van der Waals surface area contributed by atoms with Crippen molar-refractivity contribution in [1.29, 1.82) is 0 Å². The number of aromatic carboxylic acids is 5. The normalized spacial score (nSPS) is 10.3. The molecule has 0 aliphatic carbocycles. The number of hydrogen-bond acceptors (Lipinski definition) is 22. The van der Waals surface area contributed by atoms with Crippen molar-refractivity contribution in [1.82, 2.24) is 34.9 Å². The maximum atomic E-state index is 11.7. The second-order valence-electron chi connectivity index (χ2n) is 12.9. The third-order valence-corrected chi connectivity index (χ3v) is 8.61. The van der Waals surface area contributed by atoms with E-state index in [1.807, 2.05) is 0 Å². The summed E-state index contributed by atoms with van der Waals surface area (Å²) >= 11 is 0.922. The van der Waals surface area contributed by atoms with Gasteiger partial charge in [-0.1, -0.05) is 56.4 Å². The van der Waals surface area contributed by atoms with Gasteiger partial charge >= 0.3 is 257 Å². The number of carboxylic acids is 5. The first-order valence-electron chi connectivity index (χ1n) is 16.3. The average molecular weight is 1090 g/mol. The summed E-state index contributed by atoms with van der Waals surface area (Å²) in [6.07, 6.45) is 0. The Morgan fingerprint density at radius 1 is 0.656 bits per heavy atom. The van der Waals surface area contributed by atoms with Gasteiger partial charge < -0.3 is 65.9 Å². The molecule has 1 radical (unpaired) electrons. The van der Waals surface area contributed by atoms with Gasteiger partial charge in [-0.05, 0) is 58.7 Å². The van der Waals surface area contributed by atoms with Crippen LogP contribution in [0, 0.1) is 0 Å². The zero-order chi connectivity index (χ0) is 42.1. The Hall–Kier alpha value is 1.08. The van der Waals surface area contributed by atoms with E-state index in [1.54, 1.807) is 26.8 Å². The van der Waals surface area contributed by atoms with Gasteiger partial charge in [-0.15, -0.1) is 20.4 Å². The number of nitrogen functional groups attached to an aromatic ring is 1. The predicted molar refractivity (Wildman–Crippen MR) is 191 cm³/mol. The van der Waals surface area contributed by atoms with E-state index in [1.165, 1.54) is 18.2 Å². The molecule has 6 aromatic rings. The summed E-state index contributed by atoms with van der Waals surface area (Å²) in [5.41, 5.74) is 3.70. The molecule has 297 valence electrons. The largest absolute Gasteiger partial charge is 1.00 e. The van der Waals surface area contributed by atoms with Crippen molar-refractivity contribution < 1.29 is 339 Å². The van der Waals surface area contributed by atoms with Crippen LogP contribution in [0.3, 0.4) is 0 Å². The molecule has 64 heavy (non-hydrogen) atoms. The fourth-order valence-electron chi connectivity index (χ4n) is 5.18. The average Bonchev–Trinajstić information content (AvgIpc) is 3.77. The number of nitrogens with one attached hydrogen (secondary N) is 2. The summed E-state index contributed by atoms with van der Waals surface area (Å²) in [5, 5.41) is 84.9.